The number of unbranched alkanes of at least 4 members (excludes halogenated alkanes) is 3. The van der Waals surface area contributed by atoms with Crippen LogP contribution >= 0.6 is 22.9 Å². The van der Waals surface area contributed by atoms with Crippen LogP contribution in [0.4, 0.5) is 21.0 Å². The van der Waals surface area contributed by atoms with Gasteiger partial charge in [0.1, 0.15) is 12.3 Å². The molecule has 6 N–H and O–H groups in total. The number of carbonyl (C=O) groups excluding carboxylic acids is 10. The van der Waals surface area contributed by atoms with E-state index in [-0.39, 0.29) is 124 Å². The number of Topliss-reactive ketones (excluding diaryl/α,β-unsaturated/α-hetero) is 2. The molecule has 3 atom stereocenters. The van der Waals surface area contributed by atoms with E-state index in [0.29, 0.717) is 72.7 Å². The highest BCUT2D eigenvalue weighted by molar-refractivity contribution is 7.17. The summed E-state index contributed by atoms with van der Waals surface area (Å²) >= 11 is 8.07. The molecule has 0 radical (unpaired) electrons. The van der Waals surface area contributed by atoms with Crippen LogP contribution in [-0.4, -0.2) is 135 Å². The van der Waals surface area contributed by atoms with Crippen molar-refractivity contribution in [3.05, 3.63) is 136 Å². The van der Waals surface area contributed by atoms with Gasteiger partial charge in [0.15, 0.2) is 17.3 Å². The van der Waals surface area contributed by atoms with Crippen molar-refractivity contribution in [2.45, 2.75) is 104 Å². The zero-order valence-corrected chi connectivity index (χ0v) is 52.0. The van der Waals surface area contributed by atoms with Gasteiger partial charge in [0.25, 0.3) is 17.7 Å². The number of nitrogens with two attached hydrogens (primary N) is 1. The lowest BCUT2D eigenvalue weighted by atomic mass is 9.88. The van der Waals surface area contributed by atoms with Crippen LogP contribution in [0.1, 0.15) is 121 Å². The summed E-state index contributed by atoms with van der Waals surface area (Å²) in [6.45, 7) is 6.75. The van der Waals surface area contributed by atoms with Gasteiger partial charge in [0.2, 0.25) is 17.7 Å². The lowest BCUT2D eigenvalue weighted by Crippen LogP contribution is -2.51. The summed E-state index contributed by atoms with van der Waals surface area (Å²) < 4.78 is 12.6. The first-order valence-corrected chi connectivity index (χ1v) is 31.8. The number of para-hydroxylation sites is 1. The van der Waals surface area contributed by atoms with Crippen LogP contribution in [0.25, 0.3) is 31.9 Å². The highest BCUT2D eigenvalue weighted by Crippen LogP contribution is 2.49. The predicted molar refractivity (Wildman–Crippen MR) is 343 cm³/mol. The Morgan fingerprint density at radius 1 is 0.767 bits per heavy atom. The quantitative estimate of drug-likeness (QED) is 0.0147. The van der Waals surface area contributed by atoms with Gasteiger partial charge >= 0.3 is 12.2 Å². The molecule has 90 heavy (non-hydrogen) atoms. The number of anilines is 2. The van der Waals surface area contributed by atoms with E-state index in [0.717, 1.165) is 53.5 Å². The van der Waals surface area contributed by atoms with Crippen molar-refractivity contribution >= 4 is 125 Å². The summed E-state index contributed by atoms with van der Waals surface area (Å²) in [7, 11) is 0. The molecule has 0 unspecified atom stereocenters. The number of H-pyrrole nitrogens is 2. The molecule has 0 saturated carbocycles. The SMILES string of the molecule is Cc1csc2c(OC(=O)N3CCN(C(=O)OCc4ccc(NC(=O)[C@H](CCCCC(N)=O)CC(=O)[C@@H](NC(=O)CCCCCN5C(=O)C=CC5=O)C(C)C)cc4)CC3)cc3c(c12)[C@H](CCl)CN3C(=O)c1cc2cc(CC(=O)c3cc4ccccc4[nH]3)ccc2[nH]1. The fourth-order valence-corrected chi connectivity index (χ4v) is 13.2. The smallest absolute Gasteiger partial charge is 0.415 e. The van der Waals surface area contributed by atoms with Gasteiger partial charge in [-0.05, 0) is 109 Å². The number of halogens is 1. The van der Waals surface area contributed by atoms with Crippen molar-refractivity contribution in [3.8, 4) is 5.75 Å². The number of aryl methyl sites for hydroxylation is 1. The van der Waals surface area contributed by atoms with Gasteiger partial charge in [-0.25, -0.2) is 9.59 Å². The molecule has 8 amide bonds. The Morgan fingerprint density at radius 2 is 1.44 bits per heavy atom. The number of carbonyl (C=O) groups is 10. The molecule has 21 nitrogen and oxygen atoms in total. The number of amides is 8. The van der Waals surface area contributed by atoms with E-state index < -0.39 is 36.0 Å². The molecule has 3 aliphatic heterocycles. The first-order chi connectivity index (χ1) is 43.3. The van der Waals surface area contributed by atoms with Crippen LogP contribution in [0.5, 0.6) is 5.75 Å². The van der Waals surface area contributed by atoms with Gasteiger partial charge in [-0.1, -0.05) is 63.1 Å². The number of ketones is 2. The van der Waals surface area contributed by atoms with E-state index in [1.165, 1.54) is 33.3 Å². The van der Waals surface area contributed by atoms with Gasteiger partial charge in [0, 0.05) is 134 Å². The van der Waals surface area contributed by atoms with Crippen molar-refractivity contribution in [2.24, 2.45) is 17.6 Å². The molecule has 10 rings (SSSR count). The lowest BCUT2D eigenvalue weighted by molar-refractivity contribution is -0.137. The third kappa shape index (κ3) is 14.9. The summed E-state index contributed by atoms with van der Waals surface area (Å²) in [5, 5.41) is 10.3. The molecule has 1 saturated heterocycles. The zero-order valence-electron chi connectivity index (χ0n) is 50.4. The Morgan fingerprint density at radius 3 is 2.16 bits per heavy atom. The Hall–Kier alpha value is -9.15. The minimum atomic E-state index is -0.853. The molecule has 3 aromatic heterocycles. The minimum absolute atomic E-state index is 0.0521. The largest absolute Gasteiger partial charge is 0.445 e. The van der Waals surface area contributed by atoms with E-state index >= 15 is 0 Å². The number of hydrogen-bond acceptors (Lipinski definition) is 13. The number of alkyl halides is 1. The van der Waals surface area contributed by atoms with Crippen molar-refractivity contribution in [1.29, 1.82) is 0 Å². The number of thiophene rings is 1. The summed E-state index contributed by atoms with van der Waals surface area (Å²) in [6, 6.07) is 24.6. The van der Waals surface area contributed by atoms with Crippen LogP contribution in [0, 0.1) is 18.8 Å². The van der Waals surface area contributed by atoms with E-state index in [1.54, 1.807) is 41.3 Å². The molecule has 7 aromatic rings. The highest BCUT2D eigenvalue weighted by atomic mass is 35.5. The first-order valence-electron chi connectivity index (χ1n) is 30.4. The number of imide groups is 1. The number of ether oxygens (including phenoxy) is 2. The Labute approximate surface area is 528 Å². The molecule has 1 fully saturated rings. The van der Waals surface area contributed by atoms with Gasteiger partial charge in [-0.2, -0.15) is 0 Å². The molecule has 0 aliphatic carbocycles. The molecular formula is C67H72ClN9O12S. The number of benzene rings is 4. The topological polar surface area (TPSA) is 284 Å². The normalized spacial score (nSPS) is 15.5. The fraction of sp³-hybridized carbons (Fsp3) is 0.373. The van der Waals surface area contributed by atoms with Crippen molar-refractivity contribution in [3.63, 3.8) is 0 Å². The molecule has 4 aromatic carbocycles. The number of aromatic nitrogens is 2. The maximum atomic E-state index is 14.6. The molecule has 6 heterocycles. The number of hydrogen-bond donors (Lipinski definition) is 5. The van der Waals surface area contributed by atoms with Crippen molar-refractivity contribution in [2.75, 3.05) is 55.4 Å². The van der Waals surface area contributed by atoms with Crippen LogP contribution in [-0.2, 0) is 46.5 Å². The summed E-state index contributed by atoms with van der Waals surface area (Å²) in [5.74, 6) is -3.29. The molecular weight excluding hydrogens is 1190 g/mol. The minimum Gasteiger partial charge on any atom is -0.445 e. The van der Waals surface area contributed by atoms with Crippen molar-refractivity contribution < 1.29 is 57.4 Å². The van der Waals surface area contributed by atoms with E-state index in [9.17, 15) is 47.9 Å². The van der Waals surface area contributed by atoms with E-state index in [2.05, 4.69) is 20.6 Å². The molecule has 3 aliphatic rings. The number of piperazine rings is 1. The highest BCUT2D eigenvalue weighted by Gasteiger charge is 2.38. The Kier molecular flexibility index (Phi) is 20.3. The maximum Gasteiger partial charge on any atom is 0.415 e. The summed E-state index contributed by atoms with van der Waals surface area (Å²) in [5.41, 5.74) is 12.2. The second-order valence-corrected chi connectivity index (χ2v) is 24.8. The second kappa shape index (κ2) is 28.6. The number of nitrogens with one attached hydrogen (secondary N) is 4. The number of nitrogens with zero attached hydrogens (tertiary/aromatic N) is 4. The number of primary amides is 1. The van der Waals surface area contributed by atoms with E-state index in [1.807, 2.05) is 74.7 Å². The number of aromatic amines is 2. The van der Waals surface area contributed by atoms with Gasteiger partial charge in [0.05, 0.1) is 22.1 Å². The maximum absolute atomic E-state index is 14.6. The Balaban J connectivity index is 0.706. The first kappa shape index (κ1) is 63.9. The van der Waals surface area contributed by atoms with Crippen LogP contribution < -0.4 is 26.0 Å². The van der Waals surface area contributed by atoms with Crippen LogP contribution in [0.15, 0.2) is 102 Å². The zero-order chi connectivity index (χ0) is 63.8. The Bertz CT molecular complexity index is 3900. The molecule has 0 bridgehead atoms. The lowest BCUT2D eigenvalue weighted by Gasteiger charge is -2.33. The standard InChI is InChI=1S/C67H72ClN9O12S/c1-39(2)62(73-57(81)15-5-4-10-24-76-58(82)22-23-59(76)83)54(79)33-44(12-7-9-14-56(69)80)64(84)70-47-19-16-41(17-20-47)37-88-66(86)74-25-27-75(28-26-74)67(87)89-55-34-52-61(60-40(3)38-90-63(55)60)46(35-68)36-77(52)65(85)51-32-45-29-42(18-21-49(45)72-51)30-53(78)50-31-43-11-6-8-13-48(43)71-50/h6,8,11,13,16-23,29,31-32,34,38-39,44,46,62,71-72H,4-5,7,9-10,12,14-15,24-28,30,33,35-37H2,1-3H3,(H2,69,80)(H,70,84)(H,73,81)/t44-,46-,62+/m1/s1. The molecule has 0 spiro atoms. The summed E-state index contributed by atoms with van der Waals surface area (Å²) in [6.07, 6.45) is 4.32. The van der Waals surface area contributed by atoms with Crippen molar-refractivity contribution in [1.82, 2.24) is 30.0 Å². The second-order valence-electron chi connectivity index (χ2n) is 23.6. The van der Waals surface area contributed by atoms with Gasteiger partial charge in [-0.15, -0.1) is 22.9 Å². The average Bonchev–Trinajstić information content (AvgIpc) is 1.72. The third-order valence-electron chi connectivity index (χ3n) is 16.8. The van der Waals surface area contributed by atoms with Gasteiger partial charge < -0.3 is 50.5 Å². The molecule has 23 heteroatoms. The third-order valence-corrected chi connectivity index (χ3v) is 18.3. The molecule has 470 valence electrons. The number of fused-ring (bicyclic) bond motifs is 5. The average molecular weight is 1260 g/mol. The van der Waals surface area contributed by atoms with E-state index in [4.69, 9.17) is 26.8 Å². The summed E-state index contributed by atoms with van der Waals surface area (Å²) in [4.78, 5) is 143. The van der Waals surface area contributed by atoms with Crippen LogP contribution in [0.3, 0.4) is 0 Å². The predicted octanol–water partition coefficient (Wildman–Crippen LogP) is 10.2. The van der Waals surface area contributed by atoms with Crippen LogP contribution in [0.2, 0.25) is 0 Å². The van der Waals surface area contributed by atoms with Gasteiger partial charge in [-0.3, -0.25) is 43.3 Å². The fourth-order valence-electron chi connectivity index (χ4n) is 11.9. The monoisotopic (exact) mass is 1260 g/mol. The number of rotatable bonds is 26.